The van der Waals surface area contributed by atoms with E-state index in [1.54, 1.807) is 7.05 Å². The van der Waals surface area contributed by atoms with Gasteiger partial charge in [-0.15, -0.1) is 0 Å². The number of urea groups is 1. The molecule has 2 aromatic rings. The molecule has 156 valence electrons. The van der Waals surface area contributed by atoms with Crippen molar-refractivity contribution in [1.82, 2.24) is 20.4 Å². The second-order valence-corrected chi connectivity index (χ2v) is 7.78. The van der Waals surface area contributed by atoms with E-state index in [-0.39, 0.29) is 11.9 Å². The van der Waals surface area contributed by atoms with Gasteiger partial charge in [0, 0.05) is 13.6 Å². The summed E-state index contributed by atoms with van der Waals surface area (Å²) in [6, 6.07) is 19.5. The molecule has 0 saturated carbocycles. The van der Waals surface area contributed by atoms with Crippen molar-refractivity contribution in [3.05, 3.63) is 71.8 Å². The van der Waals surface area contributed by atoms with Crippen molar-refractivity contribution < 1.29 is 9.59 Å². The van der Waals surface area contributed by atoms with Gasteiger partial charge in [-0.2, -0.15) is 0 Å². The molecular weight excluding hydrogens is 378 g/mol. The quantitative estimate of drug-likeness (QED) is 0.774. The number of aliphatic imine (C=N–C) groups is 1. The molecule has 0 radical (unpaired) electrons. The molecule has 0 aliphatic carbocycles. The highest BCUT2D eigenvalue weighted by atomic mass is 16.2. The molecule has 7 nitrogen and oxygen atoms in total. The van der Waals surface area contributed by atoms with Gasteiger partial charge in [0.2, 0.25) is 0 Å². The molecule has 7 heteroatoms. The maximum atomic E-state index is 12.7. The van der Waals surface area contributed by atoms with Crippen LogP contribution in [0.5, 0.6) is 0 Å². The first-order chi connectivity index (χ1) is 14.5. The molecule has 30 heavy (non-hydrogen) atoms. The molecule has 2 N–H and O–H groups in total. The predicted octanol–water partition coefficient (Wildman–Crippen LogP) is 2.52. The fourth-order valence-corrected chi connectivity index (χ4v) is 4.01. The highest BCUT2D eigenvalue weighted by molar-refractivity contribution is 6.03. The summed E-state index contributed by atoms with van der Waals surface area (Å²) < 4.78 is 0. The molecule has 1 fully saturated rings. The average Bonchev–Trinajstić information content (AvgIpc) is 3.12. The predicted molar refractivity (Wildman–Crippen MR) is 116 cm³/mol. The molecule has 0 aromatic heterocycles. The molecule has 2 aliphatic heterocycles. The fraction of sp³-hybridized carbons (Fsp3) is 0.348. The lowest BCUT2D eigenvalue weighted by atomic mass is 10.1. The Balaban J connectivity index is 1.52. The number of rotatable bonds is 6. The number of hydrogen-bond acceptors (Lipinski definition) is 5. The van der Waals surface area contributed by atoms with Gasteiger partial charge < -0.3 is 15.1 Å². The Morgan fingerprint density at radius 1 is 1.07 bits per heavy atom. The van der Waals surface area contributed by atoms with Gasteiger partial charge >= 0.3 is 6.03 Å². The lowest BCUT2D eigenvalue weighted by Gasteiger charge is -2.36. The number of imide groups is 1. The van der Waals surface area contributed by atoms with Gasteiger partial charge in [-0.05, 0) is 30.9 Å². The minimum absolute atomic E-state index is 0.0193. The molecule has 3 amide bonds. The number of amides is 3. The molecule has 2 aliphatic rings. The second kappa shape index (κ2) is 8.57. The number of likely N-dealkylation sites (N-methyl/N-ethyl adjacent to an activating group) is 1. The van der Waals surface area contributed by atoms with Gasteiger partial charge in [0.25, 0.3) is 5.91 Å². The van der Waals surface area contributed by atoms with Gasteiger partial charge in [-0.25, -0.2) is 9.79 Å². The van der Waals surface area contributed by atoms with Crippen LogP contribution in [0.1, 0.15) is 30.5 Å². The summed E-state index contributed by atoms with van der Waals surface area (Å²) in [6.45, 7) is 2.73. The Morgan fingerprint density at radius 3 is 2.43 bits per heavy atom. The Labute approximate surface area is 176 Å². The third-order valence-electron chi connectivity index (χ3n) is 5.71. The van der Waals surface area contributed by atoms with Crippen LogP contribution in [-0.4, -0.2) is 53.5 Å². The van der Waals surface area contributed by atoms with E-state index in [0.717, 1.165) is 18.4 Å². The summed E-state index contributed by atoms with van der Waals surface area (Å²) in [6.07, 6.45) is 1.26. The minimum Gasteiger partial charge on any atom is -0.350 e. The first kappa shape index (κ1) is 19.9. The maximum absolute atomic E-state index is 12.7. The zero-order valence-corrected chi connectivity index (χ0v) is 17.3. The van der Waals surface area contributed by atoms with Crippen molar-refractivity contribution in [3.63, 3.8) is 0 Å². The number of nitrogens with zero attached hydrogens (tertiary/aromatic N) is 3. The van der Waals surface area contributed by atoms with E-state index in [1.165, 1.54) is 10.5 Å². The first-order valence-corrected chi connectivity index (χ1v) is 10.3. The van der Waals surface area contributed by atoms with Crippen LogP contribution in [-0.2, 0) is 11.2 Å². The number of benzene rings is 2. The monoisotopic (exact) mass is 405 g/mol. The molecule has 2 aromatic carbocycles. The molecule has 3 unspecified atom stereocenters. The average molecular weight is 406 g/mol. The smallest absolute Gasteiger partial charge is 0.325 e. The summed E-state index contributed by atoms with van der Waals surface area (Å²) in [4.78, 5) is 33.0. The number of carbonyl (C=O) groups is 2. The van der Waals surface area contributed by atoms with E-state index in [2.05, 4.69) is 41.8 Å². The third-order valence-corrected chi connectivity index (χ3v) is 5.71. The highest BCUT2D eigenvalue weighted by Gasteiger charge is 2.48. The largest absolute Gasteiger partial charge is 0.350 e. The third kappa shape index (κ3) is 4.01. The maximum Gasteiger partial charge on any atom is 0.325 e. The van der Waals surface area contributed by atoms with Gasteiger partial charge in [0.05, 0.1) is 6.04 Å². The zero-order chi connectivity index (χ0) is 21.1. The molecule has 3 atom stereocenters. The zero-order valence-electron chi connectivity index (χ0n) is 17.3. The van der Waals surface area contributed by atoms with E-state index in [9.17, 15) is 9.59 Å². The lowest BCUT2D eigenvalue weighted by Crippen LogP contribution is -2.64. The van der Waals surface area contributed by atoms with Crippen LogP contribution in [0.4, 0.5) is 4.79 Å². The molecule has 0 spiro atoms. The molecular formula is C23H27N5O2. The Bertz CT molecular complexity index is 931. The summed E-state index contributed by atoms with van der Waals surface area (Å²) in [7, 11) is 1.68. The molecule has 2 heterocycles. The Morgan fingerprint density at radius 2 is 1.73 bits per heavy atom. The van der Waals surface area contributed by atoms with Gasteiger partial charge in [-0.3, -0.25) is 10.1 Å². The summed E-state index contributed by atoms with van der Waals surface area (Å²) in [5.74, 6) is 0.363. The molecule has 1 saturated heterocycles. The van der Waals surface area contributed by atoms with E-state index in [4.69, 9.17) is 4.99 Å². The number of hydrogen-bond donors (Lipinski definition) is 2. The summed E-state index contributed by atoms with van der Waals surface area (Å²) in [5, 5.41) is 5.91. The van der Waals surface area contributed by atoms with Gasteiger partial charge in [0.15, 0.2) is 18.2 Å². The second-order valence-electron chi connectivity index (χ2n) is 7.78. The van der Waals surface area contributed by atoms with Crippen LogP contribution < -0.4 is 10.6 Å². The molecule has 4 rings (SSSR count). The normalized spacial score (nSPS) is 21.7. The van der Waals surface area contributed by atoms with E-state index in [0.29, 0.717) is 12.5 Å². The van der Waals surface area contributed by atoms with Crippen LogP contribution in [0.25, 0.3) is 0 Å². The number of carbonyl (C=O) groups excluding carboxylic acids is 2. The molecule has 0 bridgehead atoms. The van der Waals surface area contributed by atoms with Crippen molar-refractivity contribution >= 4 is 17.9 Å². The summed E-state index contributed by atoms with van der Waals surface area (Å²) in [5.41, 5.74) is 2.39. The van der Waals surface area contributed by atoms with Crippen LogP contribution in [0.3, 0.4) is 0 Å². The van der Waals surface area contributed by atoms with E-state index < -0.39 is 18.2 Å². The standard InChI is InChI=1S/C23H27N5O2/c1-16(18-13-7-4-8-14-18)24-22-25-20-19(21(29)26-23(30)27(20)2)28(22)15-9-12-17-10-5-3-6-11-17/h3-8,10-11,13-14,16,19-20H,9,12,15H2,1-2H3,(H,24,25)(H,26,29,30). The summed E-state index contributed by atoms with van der Waals surface area (Å²) >= 11 is 0. The van der Waals surface area contributed by atoms with Crippen molar-refractivity contribution in [1.29, 1.82) is 0 Å². The number of fused-ring (bicyclic) bond motifs is 1. The number of guanidine groups is 1. The van der Waals surface area contributed by atoms with Gasteiger partial charge in [0.1, 0.15) is 0 Å². The van der Waals surface area contributed by atoms with Crippen LogP contribution in [0.15, 0.2) is 65.7 Å². The SMILES string of the molecule is CC(NC1=NC2C(C(=O)NC(=O)N2C)N1CCCc1ccccc1)c1ccccc1. The first-order valence-electron chi connectivity index (χ1n) is 10.3. The van der Waals surface area contributed by atoms with Crippen molar-refractivity contribution in [2.75, 3.05) is 13.6 Å². The lowest BCUT2D eigenvalue weighted by molar-refractivity contribution is -0.127. The van der Waals surface area contributed by atoms with Crippen LogP contribution in [0.2, 0.25) is 0 Å². The number of aryl methyl sites for hydroxylation is 1. The minimum atomic E-state index is -0.520. The van der Waals surface area contributed by atoms with E-state index in [1.807, 2.05) is 41.3 Å². The van der Waals surface area contributed by atoms with Gasteiger partial charge in [-0.1, -0.05) is 60.7 Å². The van der Waals surface area contributed by atoms with Crippen LogP contribution >= 0.6 is 0 Å². The fourth-order valence-electron chi connectivity index (χ4n) is 4.01. The van der Waals surface area contributed by atoms with Crippen molar-refractivity contribution in [3.8, 4) is 0 Å². The van der Waals surface area contributed by atoms with Crippen molar-refractivity contribution in [2.24, 2.45) is 4.99 Å². The highest BCUT2D eigenvalue weighted by Crippen LogP contribution is 2.25. The Hall–Kier alpha value is -3.35. The van der Waals surface area contributed by atoms with Crippen molar-refractivity contribution in [2.45, 2.75) is 38.0 Å². The van der Waals surface area contributed by atoms with Crippen LogP contribution in [0, 0.1) is 0 Å². The Kier molecular flexibility index (Phi) is 5.70. The number of nitrogens with one attached hydrogen (secondary N) is 2. The van der Waals surface area contributed by atoms with E-state index >= 15 is 0 Å². The topological polar surface area (TPSA) is 77.0 Å².